The average molecular weight is 425 g/mol. The van der Waals surface area contributed by atoms with E-state index < -0.39 is 0 Å². The van der Waals surface area contributed by atoms with E-state index in [1.807, 2.05) is 24.3 Å². The largest absolute Gasteiger partial charge is 0.496 e. The number of anilines is 1. The van der Waals surface area contributed by atoms with Gasteiger partial charge in [-0.05, 0) is 31.5 Å². The number of hydrogen-bond donors (Lipinski definition) is 1. The Bertz CT molecular complexity index is 820. The van der Waals surface area contributed by atoms with Crippen molar-refractivity contribution in [2.24, 2.45) is 0 Å². The number of amides is 1. The number of nitrogens with one attached hydrogen (secondary N) is 1. The normalized spacial score (nSPS) is 14.9. The molecule has 1 heterocycles. The van der Waals surface area contributed by atoms with Crippen LogP contribution in [-0.4, -0.2) is 75.7 Å². The summed E-state index contributed by atoms with van der Waals surface area (Å²) >= 11 is 0. The van der Waals surface area contributed by atoms with E-state index in [1.54, 1.807) is 7.11 Å². The number of para-hydroxylation sites is 1. The number of carbonyl (C=O) groups excluding carboxylic acids is 1. The first kappa shape index (κ1) is 23.1. The first-order chi connectivity index (χ1) is 15.0. The van der Waals surface area contributed by atoms with Crippen LogP contribution in [0.15, 0.2) is 48.5 Å². The van der Waals surface area contributed by atoms with Gasteiger partial charge in [-0.1, -0.05) is 35.9 Å². The van der Waals surface area contributed by atoms with E-state index >= 15 is 0 Å². The topological polar surface area (TPSA) is 48.1 Å². The summed E-state index contributed by atoms with van der Waals surface area (Å²) in [4.78, 5) is 19.2. The van der Waals surface area contributed by atoms with Gasteiger partial charge in [0.05, 0.1) is 13.7 Å². The van der Waals surface area contributed by atoms with Crippen LogP contribution in [0.3, 0.4) is 0 Å². The van der Waals surface area contributed by atoms with Gasteiger partial charge in [-0.3, -0.25) is 14.6 Å². The van der Waals surface area contributed by atoms with Crippen molar-refractivity contribution in [2.75, 3.05) is 64.9 Å². The first-order valence-electron chi connectivity index (χ1n) is 11.2. The molecule has 0 bridgehead atoms. The summed E-state index contributed by atoms with van der Waals surface area (Å²) in [6, 6.07) is 16.7. The molecule has 1 aliphatic rings. The number of rotatable bonds is 10. The second-order valence-corrected chi connectivity index (χ2v) is 8.33. The molecule has 0 aliphatic carbocycles. The van der Waals surface area contributed by atoms with Crippen LogP contribution in [0.5, 0.6) is 5.75 Å². The van der Waals surface area contributed by atoms with Crippen molar-refractivity contribution in [3.8, 4) is 5.75 Å². The van der Waals surface area contributed by atoms with E-state index in [-0.39, 0.29) is 5.91 Å². The standard InChI is InChI=1S/C25H36N4O2/c1-21-10-11-24(31-3)22(18-21)19-28-14-16-29(17-15-28)20-25(30)26-12-7-13-27(2)23-8-5-4-6-9-23/h4-6,8-11,18H,7,12-17,19-20H2,1-3H3,(H,26,30). The van der Waals surface area contributed by atoms with Crippen molar-refractivity contribution in [1.29, 1.82) is 0 Å². The van der Waals surface area contributed by atoms with Crippen LogP contribution in [0.2, 0.25) is 0 Å². The van der Waals surface area contributed by atoms with Crippen molar-refractivity contribution in [3.63, 3.8) is 0 Å². The molecule has 0 aromatic heterocycles. The number of methoxy groups -OCH3 is 1. The van der Waals surface area contributed by atoms with Crippen molar-refractivity contribution >= 4 is 11.6 Å². The minimum Gasteiger partial charge on any atom is -0.496 e. The quantitative estimate of drug-likeness (QED) is 0.595. The third-order valence-electron chi connectivity index (χ3n) is 5.85. The van der Waals surface area contributed by atoms with Crippen molar-refractivity contribution in [1.82, 2.24) is 15.1 Å². The number of piperazine rings is 1. The zero-order chi connectivity index (χ0) is 22.1. The van der Waals surface area contributed by atoms with Crippen LogP contribution in [-0.2, 0) is 11.3 Å². The van der Waals surface area contributed by atoms with E-state index in [4.69, 9.17) is 4.74 Å². The lowest BCUT2D eigenvalue weighted by atomic mass is 10.1. The Balaban J connectivity index is 1.32. The van der Waals surface area contributed by atoms with Gasteiger partial charge in [-0.25, -0.2) is 0 Å². The third-order valence-corrected chi connectivity index (χ3v) is 5.85. The van der Waals surface area contributed by atoms with Gasteiger partial charge in [0, 0.05) is 64.1 Å². The molecule has 1 N–H and O–H groups in total. The molecule has 1 amide bonds. The van der Waals surface area contributed by atoms with Gasteiger partial charge in [0.2, 0.25) is 5.91 Å². The fraction of sp³-hybridized carbons (Fsp3) is 0.480. The van der Waals surface area contributed by atoms with Crippen LogP contribution >= 0.6 is 0 Å². The molecule has 168 valence electrons. The highest BCUT2D eigenvalue weighted by atomic mass is 16.5. The number of benzene rings is 2. The van der Waals surface area contributed by atoms with Gasteiger partial charge < -0.3 is 15.0 Å². The van der Waals surface area contributed by atoms with E-state index in [9.17, 15) is 4.79 Å². The molecule has 1 saturated heterocycles. The molecule has 3 rings (SSSR count). The predicted molar refractivity (Wildman–Crippen MR) is 127 cm³/mol. The number of hydrogen-bond acceptors (Lipinski definition) is 5. The molecule has 6 nitrogen and oxygen atoms in total. The van der Waals surface area contributed by atoms with Gasteiger partial charge in [-0.15, -0.1) is 0 Å². The van der Waals surface area contributed by atoms with Gasteiger partial charge in [0.15, 0.2) is 0 Å². The molecule has 6 heteroatoms. The average Bonchev–Trinajstić information content (AvgIpc) is 2.79. The second-order valence-electron chi connectivity index (χ2n) is 8.33. The molecule has 0 unspecified atom stereocenters. The molecule has 2 aromatic carbocycles. The molecule has 1 aliphatic heterocycles. The molecule has 1 fully saturated rings. The monoisotopic (exact) mass is 424 g/mol. The smallest absolute Gasteiger partial charge is 0.234 e. The lowest BCUT2D eigenvalue weighted by Crippen LogP contribution is -2.49. The van der Waals surface area contributed by atoms with Crippen molar-refractivity contribution < 1.29 is 9.53 Å². The maximum absolute atomic E-state index is 12.3. The summed E-state index contributed by atoms with van der Waals surface area (Å²) in [5, 5.41) is 3.07. The van der Waals surface area contributed by atoms with E-state index in [0.717, 1.165) is 51.4 Å². The fourth-order valence-corrected chi connectivity index (χ4v) is 3.99. The molecular weight excluding hydrogens is 388 g/mol. The number of aryl methyl sites for hydroxylation is 1. The highest BCUT2D eigenvalue weighted by Gasteiger charge is 2.20. The Hall–Kier alpha value is -2.57. The molecule has 0 spiro atoms. The summed E-state index contributed by atoms with van der Waals surface area (Å²) < 4.78 is 5.51. The summed E-state index contributed by atoms with van der Waals surface area (Å²) in [6.45, 7) is 8.87. The SMILES string of the molecule is COc1ccc(C)cc1CN1CCN(CC(=O)NCCCN(C)c2ccccc2)CC1. The Labute approximate surface area is 186 Å². The van der Waals surface area contributed by atoms with E-state index in [2.05, 4.69) is 58.3 Å². The molecule has 2 aromatic rings. The Morgan fingerprint density at radius 1 is 1.06 bits per heavy atom. The molecule has 0 radical (unpaired) electrons. The molecule has 31 heavy (non-hydrogen) atoms. The molecule has 0 atom stereocenters. The molecule has 0 saturated carbocycles. The molecular formula is C25H36N4O2. The van der Waals surface area contributed by atoms with Gasteiger partial charge in [-0.2, -0.15) is 0 Å². The maximum Gasteiger partial charge on any atom is 0.234 e. The summed E-state index contributed by atoms with van der Waals surface area (Å²) in [7, 11) is 3.81. The van der Waals surface area contributed by atoms with Crippen LogP contribution in [0.25, 0.3) is 0 Å². The minimum atomic E-state index is 0.121. The highest BCUT2D eigenvalue weighted by Crippen LogP contribution is 2.22. The second kappa shape index (κ2) is 11.7. The van der Waals surface area contributed by atoms with Crippen molar-refractivity contribution in [3.05, 3.63) is 59.7 Å². The van der Waals surface area contributed by atoms with E-state index in [1.165, 1.54) is 16.8 Å². The van der Waals surface area contributed by atoms with Crippen LogP contribution < -0.4 is 15.0 Å². The van der Waals surface area contributed by atoms with Crippen LogP contribution in [0, 0.1) is 6.92 Å². The highest BCUT2D eigenvalue weighted by molar-refractivity contribution is 5.78. The zero-order valence-electron chi connectivity index (χ0n) is 19.1. The first-order valence-corrected chi connectivity index (χ1v) is 11.2. The van der Waals surface area contributed by atoms with Gasteiger partial charge in [0.1, 0.15) is 5.75 Å². The zero-order valence-corrected chi connectivity index (χ0v) is 19.1. The Morgan fingerprint density at radius 3 is 2.48 bits per heavy atom. The van der Waals surface area contributed by atoms with Crippen LogP contribution in [0.1, 0.15) is 17.5 Å². The number of nitrogens with zero attached hydrogens (tertiary/aromatic N) is 3. The summed E-state index contributed by atoms with van der Waals surface area (Å²) in [5.74, 6) is 1.07. The maximum atomic E-state index is 12.3. The third kappa shape index (κ3) is 7.26. The summed E-state index contributed by atoms with van der Waals surface area (Å²) in [5.41, 5.74) is 3.69. The Kier molecular flexibility index (Phi) is 8.74. The van der Waals surface area contributed by atoms with Gasteiger partial charge in [0.25, 0.3) is 0 Å². The van der Waals surface area contributed by atoms with Gasteiger partial charge >= 0.3 is 0 Å². The Morgan fingerprint density at radius 2 is 1.77 bits per heavy atom. The lowest BCUT2D eigenvalue weighted by Gasteiger charge is -2.34. The predicted octanol–water partition coefficient (Wildman–Crippen LogP) is 2.76. The number of ether oxygens (including phenoxy) is 1. The number of carbonyl (C=O) groups is 1. The van der Waals surface area contributed by atoms with E-state index in [0.29, 0.717) is 13.1 Å². The minimum absolute atomic E-state index is 0.121. The lowest BCUT2D eigenvalue weighted by molar-refractivity contribution is -0.122. The fourth-order valence-electron chi connectivity index (χ4n) is 3.99. The van der Waals surface area contributed by atoms with Crippen LogP contribution in [0.4, 0.5) is 5.69 Å². The summed E-state index contributed by atoms with van der Waals surface area (Å²) in [6.07, 6.45) is 0.934. The van der Waals surface area contributed by atoms with Crippen molar-refractivity contribution in [2.45, 2.75) is 19.9 Å².